The molecule has 0 saturated heterocycles. The Morgan fingerprint density at radius 2 is 1.33 bits per heavy atom. The van der Waals surface area contributed by atoms with Gasteiger partial charge in [-0.3, -0.25) is 0 Å². The molecule has 5 aromatic rings. The van der Waals surface area contributed by atoms with Crippen LogP contribution in [0.5, 0.6) is 0 Å². The summed E-state index contributed by atoms with van der Waals surface area (Å²) in [4.78, 5) is 0. The SMILES string of the molecule is CCC1=Cc2c(-c3ccc(-c4ccccc4)cc3)cccc2C1c1[c]([Zr+2][SiH](C)C)ccc2c1Cc1ccccc1-2.[Cl-].[Cl-]. The first kappa shape index (κ1) is 31.0. The number of hydrogen-bond donors (Lipinski definition) is 0. The maximum absolute atomic E-state index is 2.56. The first-order chi connectivity index (χ1) is 19.6. The molecule has 0 nitrogen and oxygen atoms in total. The second kappa shape index (κ2) is 13.0. The van der Waals surface area contributed by atoms with Crippen molar-refractivity contribution in [2.75, 3.05) is 0 Å². The molecule has 2 aliphatic carbocycles. The molecular weight excluding hydrogens is 647 g/mol. The molecule has 42 heavy (non-hydrogen) atoms. The zero-order valence-corrected chi connectivity index (χ0v) is 29.4. The van der Waals surface area contributed by atoms with Gasteiger partial charge in [0.2, 0.25) is 0 Å². The molecule has 208 valence electrons. The molecule has 1 unspecified atom stereocenters. The Bertz CT molecular complexity index is 1760. The predicted octanol–water partition coefficient (Wildman–Crippen LogP) is 3.23. The normalized spacial score (nSPS) is 14.2. The zero-order chi connectivity index (χ0) is 27.2. The van der Waals surface area contributed by atoms with Crippen molar-refractivity contribution in [2.24, 2.45) is 0 Å². The van der Waals surface area contributed by atoms with Gasteiger partial charge >= 0.3 is 234 Å². The van der Waals surface area contributed by atoms with Gasteiger partial charge in [0, 0.05) is 0 Å². The summed E-state index contributed by atoms with van der Waals surface area (Å²) in [7, 11) is 0. The first-order valence-electron chi connectivity index (χ1n) is 14.6. The molecule has 0 N–H and O–H groups in total. The van der Waals surface area contributed by atoms with Crippen molar-refractivity contribution in [3.05, 3.63) is 143 Å². The standard InChI is InChI=1S/C36H27.C2H7Si.2ClH.Zr/c1-2-24-22-34-29(27-20-18-26(19-21-27)25-10-4-3-5-11-25)14-8-16-32(34)36(24)33-17-9-15-31-30-13-7-6-12-28(30)23-35(31)33;1-3-2;;;/h3-16,18-22,36H,2,23H2,1H3;3H,1-2H3;2*1H;/q;;;;+2/p-2. The van der Waals surface area contributed by atoms with E-state index < -0.39 is 28.3 Å². The maximum Gasteiger partial charge on any atom is -1.00 e. The molecule has 0 fully saturated rings. The minimum absolute atomic E-state index is 0. The van der Waals surface area contributed by atoms with Crippen LogP contribution in [0.1, 0.15) is 47.1 Å². The van der Waals surface area contributed by atoms with E-state index in [0.717, 1.165) is 12.8 Å². The van der Waals surface area contributed by atoms with E-state index in [4.69, 9.17) is 0 Å². The minimum Gasteiger partial charge on any atom is -1.00 e. The number of rotatable bonds is 6. The molecule has 0 bridgehead atoms. The van der Waals surface area contributed by atoms with E-state index in [0.29, 0.717) is 5.92 Å². The van der Waals surface area contributed by atoms with E-state index in [1.807, 2.05) is 0 Å². The van der Waals surface area contributed by atoms with Crippen LogP contribution in [0.2, 0.25) is 13.1 Å². The van der Waals surface area contributed by atoms with Crippen LogP contribution < -0.4 is 28.1 Å². The third kappa shape index (κ3) is 5.48. The van der Waals surface area contributed by atoms with Gasteiger partial charge in [-0.2, -0.15) is 0 Å². The quantitative estimate of drug-likeness (QED) is 0.237. The van der Waals surface area contributed by atoms with Gasteiger partial charge in [-0.25, -0.2) is 0 Å². The van der Waals surface area contributed by atoms with Gasteiger partial charge in [-0.15, -0.1) is 0 Å². The van der Waals surface area contributed by atoms with Gasteiger partial charge in [0.15, 0.2) is 0 Å². The summed E-state index contributed by atoms with van der Waals surface area (Å²) in [6, 6.07) is 41.0. The summed E-state index contributed by atoms with van der Waals surface area (Å²) in [5.74, 6) is -0.240. The summed E-state index contributed by atoms with van der Waals surface area (Å²) in [6.07, 6.45) is 4.71. The largest absolute Gasteiger partial charge is 1.00 e. The van der Waals surface area contributed by atoms with Crippen molar-refractivity contribution in [3.8, 4) is 33.4 Å². The van der Waals surface area contributed by atoms with E-state index in [1.165, 1.54) is 50.1 Å². The van der Waals surface area contributed by atoms with E-state index in [2.05, 4.69) is 135 Å². The second-order valence-corrected chi connectivity index (χ2v) is 26.0. The molecule has 7 rings (SSSR count). The summed E-state index contributed by atoms with van der Waals surface area (Å²) >= 11 is -0.590. The van der Waals surface area contributed by atoms with Crippen molar-refractivity contribution in [3.63, 3.8) is 0 Å². The Kier molecular flexibility index (Phi) is 9.60. The fourth-order valence-corrected chi connectivity index (χ4v) is 15.1. The molecule has 0 saturated carbocycles. The van der Waals surface area contributed by atoms with E-state index in [1.54, 1.807) is 20.0 Å². The van der Waals surface area contributed by atoms with Crippen LogP contribution in [0.4, 0.5) is 0 Å². The number of allylic oxidation sites excluding steroid dienone is 1. The molecule has 1 atom stereocenters. The van der Waals surface area contributed by atoms with Gasteiger partial charge in [0.05, 0.1) is 0 Å². The van der Waals surface area contributed by atoms with Gasteiger partial charge < -0.3 is 24.8 Å². The smallest absolute Gasteiger partial charge is 1.00 e. The average molecular weight is 681 g/mol. The van der Waals surface area contributed by atoms with Crippen LogP contribution >= 0.6 is 0 Å². The van der Waals surface area contributed by atoms with Gasteiger partial charge in [-0.05, 0) is 0 Å². The predicted molar refractivity (Wildman–Crippen MR) is 171 cm³/mol. The zero-order valence-electron chi connectivity index (χ0n) is 24.3. The molecule has 0 heterocycles. The van der Waals surface area contributed by atoms with Gasteiger partial charge in [0.25, 0.3) is 0 Å². The Balaban J connectivity index is 0.00000176. The van der Waals surface area contributed by atoms with Crippen molar-refractivity contribution in [2.45, 2.75) is 38.8 Å². The Hall–Kier alpha value is -2.48. The van der Waals surface area contributed by atoms with Crippen LogP contribution in [-0.4, -0.2) is 5.92 Å². The van der Waals surface area contributed by atoms with E-state index in [-0.39, 0.29) is 24.8 Å². The molecule has 5 aromatic carbocycles. The van der Waals surface area contributed by atoms with Crippen molar-refractivity contribution in [1.29, 1.82) is 0 Å². The molecule has 2 aliphatic rings. The molecule has 0 radical (unpaired) electrons. The van der Waals surface area contributed by atoms with E-state index in [9.17, 15) is 0 Å². The topological polar surface area (TPSA) is 0 Å². The third-order valence-electron chi connectivity index (χ3n) is 8.63. The Morgan fingerprint density at radius 1 is 0.667 bits per heavy atom. The first-order valence-corrected chi connectivity index (χ1v) is 23.0. The summed E-state index contributed by atoms with van der Waals surface area (Å²) in [5, 5.41) is 0. The third-order valence-corrected chi connectivity index (χ3v) is 17.1. The summed E-state index contributed by atoms with van der Waals surface area (Å²) in [5.41, 5.74) is 17.5. The Morgan fingerprint density at radius 3 is 2.07 bits per heavy atom. The van der Waals surface area contributed by atoms with Crippen LogP contribution in [0.3, 0.4) is 0 Å². The van der Waals surface area contributed by atoms with Crippen LogP contribution in [0, 0.1) is 0 Å². The molecule has 0 spiro atoms. The van der Waals surface area contributed by atoms with Gasteiger partial charge in [-0.1, -0.05) is 18.2 Å². The van der Waals surface area contributed by atoms with Crippen molar-refractivity contribution in [1.82, 2.24) is 0 Å². The van der Waals surface area contributed by atoms with Crippen LogP contribution in [0.15, 0.2) is 115 Å². The average Bonchev–Trinajstić information content (AvgIpc) is 3.56. The second-order valence-electron chi connectivity index (χ2n) is 11.4. The summed E-state index contributed by atoms with van der Waals surface area (Å²) in [6.45, 7) is 7.48. The fourth-order valence-electron chi connectivity index (χ4n) is 6.84. The molecule has 0 aliphatic heterocycles. The molecular formula is C38H34Cl2SiZr. The summed E-state index contributed by atoms with van der Waals surface area (Å²) < 4.78 is 1.76. The molecule has 0 aromatic heterocycles. The number of halogens is 2. The maximum atomic E-state index is 2.56. The van der Waals surface area contributed by atoms with Crippen LogP contribution in [-0.2, 0) is 28.8 Å². The van der Waals surface area contributed by atoms with Gasteiger partial charge in [0.1, 0.15) is 0 Å². The van der Waals surface area contributed by atoms with Crippen LogP contribution in [0.25, 0.3) is 39.5 Å². The minimum atomic E-state index is -0.625. The number of fused-ring (bicyclic) bond motifs is 4. The monoisotopic (exact) mass is 678 g/mol. The molecule has 0 amide bonds. The fraction of sp³-hybridized carbons (Fsp3) is 0.158. The van der Waals surface area contributed by atoms with E-state index >= 15 is 0 Å². The molecule has 4 heteroatoms. The Labute approximate surface area is 275 Å². The number of benzene rings is 5. The van der Waals surface area contributed by atoms with Crippen molar-refractivity contribution >= 4 is 15.3 Å². The van der Waals surface area contributed by atoms with Crippen molar-refractivity contribution < 1.29 is 47.2 Å². The number of hydrogen-bond acceptors (Lipinski definition) is 0.